The molecule has 0 aromatic heterocycles. The molecule has 0 saturated carbocycles. The van der Waals surface area contributed by atoms with Gasteiger partial charge < -0.3 is 10.2 Å². The van der Waals surface area contributed by atoms with Crippen LogP contribution in [-0.2, 0) is 9.36 Å². The van der Waals surface area contributed by atoms with E-state index in [1.165, 1.54) is 0 Å². The lowest BCUT2D eigenvalue weighted by Gasteiger charge is -2.20. The van der Waals surface area contributed by atoms with Crippen LogP contribution in [0.4, 0.5) is 4.79 Å². The first kappa shape index (κ1) is 11.2. The van der Waals surface area contributed by atoms with Gasteiger partial charge in [-0.2, -0.15) is 0 Å². The lowest BCUT2D eigenvalue weighted by atomic mass is 10.2. The van der Waals surface area contributed by atoms with Crippen LogP contribution in [0, 0.1) is 0 Å². The minimum Gasteiger partial charge on any atom is -0.344 e. The highest BCUT2D eigenvalue weighted by atomic mass is 31.1. The molecule has 0 radical (unpaired) electrons. The molecule has 1 rings (SSSR count). The molecule has 7 heteroatoms. The Morgan fingerprint density at radius 3 is 2.29 bits per heavy atom. The second-order valence-corrected chi connectivity index (χ2v) is 4.51. The molecule has 1 heterocycles. The van der Waals surface area contributed by atoms with Crippen LogP contribution in [0.2, 0.25) is 0 Å². The summed E-state index contributed by atoms with van der Waals surface area (Å²) >= 11 is 0. The average molecular weight is 220 g/mol. The van der Waals surface area contributed by atoms with Crippen molar-refractivity contribution in [3.63, 3.8) is 0 Å². The Balaban J connectivity index is 3.09. The standard InChI is InChI=1S/C7H13N2O4P/c1-3-7(14(12)13)5(10)9(4-2)6(11)8-7/h14H,3-4H2,1-2H3,(H,8,11)(H,12,13). The molecule has 0 aliphatic carbocycles. The number of amides is 3. The van der Waals surface area contributed by atoms with Crippen LogP contribution in [0.3, 0.4) is 0 Å². The Labute approximate surface area is 82.1 Å². The van der Waals surface area contributed by atoms with Crippen molar-refractivity contribution in [3.05, 3.63) is 0 Å². The molecule has 14 heavy (non-hydrogen) atoms. The van der Waals surface area contributed by atoms with Gasteiger partial charge in [-0.25, -0.2) is 4.79 Å². The second kappa shape index (κ2) is 3.71. The fourth-order valence-corrected chi connectivity index (χ4v) is 2.28. The summed E-state index contributed by atoms with van der Waals surface area (Å²) < 4.78 is 11.1. The lowest BCUT2D eigenvalue weighted by Crippen LogP contribution is -2.42. The van der Waals surface area contributed by atoms with E-state index in [2.05, 4.69) is 5.32 Å². The molecular weight excluding hydrogens is 207 g/mol. The molecule has 6 nitrogen and oxygen atoms in total. The average Bonchev–Trinajstić information content (AvgIpc) is 2.38. The molecule has 0 spiro atoms. The highest BCUT2D eigenvalue weighted by molar-refractivity contribution is 7.41. The van der Waals surface area contributed by atoms with E-state index in [9.17, 15) is 14.2 Å². The van der Waals surface area contributed by atoms with E-state index < -0.39 is 25.2 Å². The number of imide groups is 1. The predicted molar refractivity (Wildman–Crippen MR) is 50.2 cm³/mol. The van der Waals surface area contributed by atoms with Crippen LogP contribution < -0.4 is 5.32 Å². The molecule has 1 saturated heterocycles. The SMILES string of the molecule is CCN1C(=O)NC(CC)([PH](=O)O)C1=O. The Hall–Kier alpha value is -0.870. The Morgan fingerprint density at radius 1 is 1.50 bits per heavy atom. The number of carbonyl (C=O) groups is 2. The minimum atomic E-state index is -3.12. The van der Waals surface area contributed by atoms with Crippen molar-refractivity contribution in [1.29, 1.82) is 0 Å². The molecule has 0 aromatic rings. The topological polar surface area (TPSA) is 86.7 Å². The summed E-state index contributed by atoms with van der Waals surface area (Å²) in [7, 11) is -3.12. The quantitative estimate of drug-likeness (QED) is 0.522. The highest BCUT2D eigenvalue weighted by Gasteiger charge is 2.53. The third kappa shape index (κ3) is 1.35. The van der Waals surface area contributed by atoms with Gasteiger partial charge in [0.05, 0.1) is 0 Å². The van der Waals surface area contributed by atoms with Crippen molar-refractivity contribution in [3.8, 4) is 0 Å². The smallest absolute Gasteiger partial charge is 0.325 e. The molecule has 0 aromatic carbocycles. The summed E-state index contributed by atoms with van der Waals surface area (Å²) in [5.41, 5.74) is 0. The van der Waals surface area contributed by atoms with Gasteiger partial charge in [0.1, 0.15) is 0 Å². The first-order valence-electron chi connectivity index (χ1n) is 4.37. The number of nitrogens with zero attached hydrogens (tertiary/aromatic N) is 1. The first-order valence-corrected chi connectivity index (χ1v) is 5.72. The molecule has 3 amide bonds. The summed E-state index contributed by atoms with van der Waals surface area (Å²) in [6.07, 6.45) is 0.127. The summed E-state index contributed by atoms with van der Waals surface area (Å²) in [4.78, 5) is 32.9. The lowest BCUT2D eigenvalue weighted by molar-refractivity contribution is -0.128. The van der Waals surface area contributed by atoms with E-state index in [0.717, 1.165) is 4.90 Å². The van der Waals surface area contributed by atoms with Crippen LogP contribution in [-0.4, -0.2) is 33.6 Å². The number of hydrogen-bond donors (Lipinski definition) is 2. The second-order valence-electron chi connectivity index (χ2n) is 3.04. The van der Waals surface area contributed by atoms with Gasteiger partial charge in [-0.3, -0.25) is 14.3 Å². The van der Waals surface area contributed by atoms with Crippen molar-refractivity contribution < 1.29 is 19.0 Å². The zero-order valence-corrected chi connectivity index (χ0v) is 9.03. The van der Waals surface area contributed by atoms with Crippen molar-refractivity contribution in [1.82, 2.24) is 10.2 Å². The van der Waals surface area contributed by atoms with Gasteiger partial charge >= 0.3 is 6.03 Å². The van der Waals surface area contributed by atoms with E-state index in [4.69, 9.17) is 4.89 Å². The molecular formula is C7H13N2O4P. The number of carbonyl (C=O) groups excluding carboxylic acids is 2. The van der Waals surface area contributed by atoms with E-state index in [1.54, 1.807) is 13.8 Å². The maximum Gasteiger partial charge on any atom is 0.325 e. The fraction of sp³-hybridized carbons (Fsp3) is 0.714. The number of urea groups is 1. The van der Waals surface area contributed by atoms with Gasteiger partial charge in [0.2, 0.25) is 8.03 Å². The summed E-state index contributed by atoms with van der Waals surface area (Å²) in [6, 6.07) is -0.591. The minimum absolute atomic E-state index is 0.127. The summed E-state index contributed by atoms with van der Waals surface area (Å²) in [6.45, 7) is 3.44. The van der Waals surface area contributed by atoms with Gasteiger partial charge in [-0.1, -0.05) is 6.92 Å². The fourth-order valence-electron chi connectivity index (χ4n) is 1.45. The first-order chi connectivity index (χ1) is 6.49. The maximum atomic E-state index is 11.6. The molecule has 0 bridgehead atoms. The van der Waals surface area contributed by atoms with E-state index in [-0.39, 0.29) is 13.0 Å². The van der Waals surface area contributed by atoms with Crippen molar-refractivity contribution in [2.75, 3.05) is 6.54 Å². The number of likely N-dealkylation sites (N-methyl/N-ethyl adjacent to an activating group) is 1. The maximum absolute atomic E-state index is 11.6. The van der Waals surface area contributed by atoms with E-state index in [1.807, 2.05) is 0 Å². The van der Waals surface area contributed by atoms with Gasteiger partial charge in [-0.05, 0) is 13.3 Å². The molecule has 1 aliphatic heterocycles. The zero-order chi connectivity index (χ0) is 10.9. The van der Waals surface area contributed by atoms with Crippen LogP contribution in [0.15, 0.2) is 0 Å². The predicted octanol–water partition coefficient (Wildman–Crippen LogP) is 0.131. The monoisotopic (exact) mass is 220 g/mol. The zero-order valence-electron chi connectivity index (χ0n) is 8.03. The van der Waals surface area contributed by atoms with Crippen molar-refractivity contribution in [2.24, 2.45) is 0 Å². The Morgan fingerprint density at radius 2 is 2.07 bits per heavy atom. The van der Waals surface area contributed by atoms with Gasteiger partial charge in [0.25, 0.3) is 5.91 Å². The van der Waals surface area contributed by atoms with Crippen LogP contribution in [0.5, 0.6) is 0 Å². The van der Waals surface area contributed by atoms with E-state index in [0.29, 0.717) is 0 Å². The van der Waals surface area contributed by atoms with Crippen LogP contribution in [0.1, 0.15) is 20.3 Å². The van der Waals surface area contributed by atoms with Crippen molar-refractivity contribution >= 4 is 20.0 Å². The molecule has 80 valence electrons. The van der Waals surface area contributed by atoms with Gasteiger partial charge in [0, 0.05) is 6.54 Å². The Kier molecular flexibility index (Phi) is 2.97. The van der Waals surface area contributed by atoms with Gasteiger partial charge in [-0.15, -0.1) is 0 Å². The van der Waals surface area contributed by atoms with Crippen molar-refractivity contribution in [2.45, 2.75) is 25.5 Å². The molecule has 2 atom stereocenters. The third-order valence-electron chi connectivity index (χ3n) is 2.39. The largest absolute Gasteiger partial charge is 0.344 e. The van der Waals surface area contributed by atoms with Crippen LogP contribution in [0.25, 0.3) is 0 Å². The number of rotatable bonds is 3. The number of nitrogens with one attached hydrogen (secondary N) is 1. The normalized spacial score (nSPS) is 29.2. The molecule has 1 aliphatic rings. The Bertz CT molecular complexity index is 306. The molecule has 2 unspecified atom stereocenters. The summed E-state index contributed by atoms with van der Waals surface area (Å²) in [5.74, 6) is -0.598. The van der Waals surface area contributed by atoms with E-state index >= 15 is 0 Å². The van der Waals surface area contributed by atoms with Crippen LogP contribution >= 0.6 is 8.03 Å². The highest BCUT2D eigenvalue weighted by Crippen LogP contribution is 2.40. The summed E-state index contributed by atoms with van der Waals surface area (Å²) in [5, 5.41) is 0.716. The number of hydrogen-bond acceptors (Lipinski definition) is 3. The molecule has 1 fully saturated rings. The van der Waals surface area contributed by atoms with Gasteiger partial charge in [0.15, 0.2) is 5.28 Å². The molecule has 2 N–H and O–H groups in total. The third-order valence-corrected chi connectivity index (χ3v) is 3.81.